The molecule has 90 valence electrons. The van der Waals surface area contributed by atoms with Gasteiger partial charge in [0.2, 0.25) is 0 Å². The van der Waals surface area contributed by atoms with Crippen molar-refractivity contribution in [1.82, 2.24) is 14.9 Å². The van der Waals surface area contributed by atoms with E-state index < -0.39 is 0 Å². The van der Waals surface area contributed by atoms with Gasteiger partial charge in [-0.25, -0.2) is 9.78 Å². The Kier molecular flexibility index (Phi) is 5.19. The molecule has 1 aromatic rings. The molecule has 1 aromatic heterocycles. The van der Waals surface area contributed by atoms with Gasteiger partial charge in [-0.3, -0.25) is 4.57 Å². The zero-order valence-electron chi connectivity index (χ0n) is 10.4. The molecule has 0 saturated carbocycles. The predicted molar refractivity (Wildman–Crippen MR) is 65.6 cm³/mol. The highest BCUT2D eigenvalue weighted by atomic mass is 16.1. The summed E-state index contributed by atoms with van der Waals surface area (Å²) < 4.78 is 1.69. The Morgan fingerprint density at radius 2 is 2.31 bits per heavy atom. The number of nitrogens with zero attached hydrogens (tertiary/aromatic N) is 2. The summed E-state index contributed by atoms with van der Waals surface area (Å²) in [6.45, 7) is 4.87. The van der Waals surface area contributed by atoms with Crippen LogP contribution in [0.1, 0.15) is 31.7 Å². The Morgan fingerprint density at radius 1 is 1.56 bits per heavy atom. The van der Waals surface area contributed by atoms with E-state index in [-0.39, 0.29) is 5.69 Å². The summed E-state index contributed by atoms with van der Waals surface area (Å²) in [4.78, 5) is 15.2. The molecule has 0 spiro atoms. The third-order valence-corrected chi connectivity index (χ3v) is 2.84. The maximum absolute atomic E-state index is 11.4. The molecule has 1 rings (SSSR count). The first-order chi connectivity index (χ1) is 7.67. The third-order valence-electron chi connectivity index (χ3n) is 2.84. The van der Waals surface area contributed by atoms with Gasteiger partial charge in [-0.15, -0.1) is 0 Å². The monoisotopic (exact) mass is 223 g/mol. The molecule has 4 nitrogen and oxygen atoms in total. The minimum atomic E-state index is -0.150. The van der Waals surface area contributed by atoms with Gasteiger partial charge in [0, 0.05) is 25.0 Å². The molecule has 0 aromatic carbocycles. The summed E-state index contributed by atoms with van der Waals surface area (Å²) in [6, 6.07) is 0.550. The minimum Gasteiger partial charge on any atom is -0.317 e. The Morgan fingerprint density at radius 3 is 2.94 bits per heavy atom. The number of nitrogens with one attached hydrogen (secondary N) is 1. The van der Waals surface area contributed by atoms with E-state index in [1.54, 1.807) is 10.8 Å². The smallest absolute Gasteiger partial charge is 0.317 e. The second-order valence-corrected chi connectivity index (χ2v) is 4.14. The Labute approximate surface area is 96.7 Å². The van der Waals surface area contributed by atoms with E-state index in [9.17, 15) is 4.79 Å². The normalized spacial score (nSPS) is 12.7. The van der Waals surface area contributed by atoms with Crippen LogP contribution in [0.5, 0.6) is 0 Å². The van der Waals surface area contributed by atoms with Crippen LogP contribution in [0.25, 0.3) is 0 Å². The molecular weight excluding hydrogens is 202 g/mol. The van der Waals surface area contributed by atoms with Crippen LogP contribution >= 0.6 is 0 Å². The van der Waals surface area contributed by atoms with Gasteiger partial charge < -0.3 is 5.32 Å². The molecule has 1 unspecified atom stereocenters. The van der Waals surface area contributed by atoms with Gasteiger partial charge in [0.15, 0.2) is 0 Å². The molecule has 0 aliphatic carbocycles. The number of aromatic nitrogens is 2. The summed E-state index contributed by atoms with van der Waals surface area (Å²) >= 11 is 0. The van der Waals surface area contributed by atoms with Gasteiger partial charge in [0.1, 0.15) is 0 Å². The number of hydrogen-bond donors (Lipinski definition) is 1. The quantitative estimate of drug-likeness (QED) is 0.791. The second kappa shape index (κ2) is 6.43. The highest BCUT2D eigenvalue weighted by Crippen LogP contribution is 2.02. The second-order valence-electron chi connectivity index (χ2n) is 4.14. The third kappa shape index (κ3) is 3.77. The maximum atomic E-state index is 11.4. The average molecular weight is 223 g/mol. The van der Waals surface area contributed by atoms with Crippen LogP contribution in [0, 0.1) is 6.92 Å². The van der Waals surface area contributed by atoms with Crippen LogP contribution in [0.3, 0.4) is 0 Å². The Bertz CT molecular complexity index is 369. The molecule has 1 atom stereocenters. The van der Waals surface area contributed by atoms with Gasteiger partial charge in [0.25, 0.3) is 0 Å². The predicted octanol–water partition coefficient (Wildman–Crippen LogP) is 1.33. The molecule has 16 heavy (non-hydrogen) atoms. The van der Waals surface area contributed by atoms with Crippen molar-refractivity contribution in [3.05, 3.63) is 28.4 Å². The lowest BCUT2D eigenvalue weighted by molar-refractivity contribution is 0.463. The van der Waals surface area contributed by atoms with E-state index in [0.717, 1.165) is 31.4 Å². The molecule has 0 bridgehead atoms. The number of rotatable bonds is 6. The highest BCUT2D eigenvalue weighted by Gasteiger charge is 2.03. The fourth-order valence-electron chi connectivity index (χ4n) is 1.79. The van der Waals surface area contributed by atoms with E-state index in [1.807, 2.05) is 20.2 Å². The van der Waals surface area contributed by atoms with Crippen molar-refractivity contribution < 1.29 is 0 Å². The lowest BCUT2D eigenvalue weighted by atomic mass is 10.1. The summed E-state index contributed by atoms with van der Waals surface area (Å²) in [6.07, 6.45) is 6.70. The van der Waals surface area contributed by atoms with Crippen LogP contribution < -0.4 is 11.0 Å². The standard InChI is InChI=1S/C12H21N3O/c1-4-11(13-3)6-5-7-15-9-10(2)8-14-12(15)16/h8-9,11,13H,4-7H2,1-3H3. The summed E-state index contributed by atoms with van der Waals surface area (Å²) in [5, 5.41) is 3.26. The molecule has 4 heteroatoms. The molecule has 0 amide bonds. The zero-order valence-corrected chi connectivity index (χ0v) is 10.4. The van der Waals surface area contributed by atoms with Crippen molar-refractivity contribution in [3.63, 3.8) is 0 Å². The average Bonchev–Trinajstić information content (AvgIpc) is 2.29. The molecule has 0 aliphatic rings. The first-order valence-corrected chi connectivity index (χ1v) is 5.87. The van der Waals surface area contributed by atoms with Gasteiger partial charge in [-0.05, 0) is 38.8 Å². The van der Waals surface area contributed by atoms with Gasteiger partial charge >= 0.3 is 5.69 Å². The lowest BCUT2D eigenvalue weighted by Gasteiger charge is -2.13. The fourth-order valence-corrected chi connectivity index (χ4v) is 1.79. The SMILES string of the molecule is CCC(CCCn1cc(C)cnc1=O)NC. The lowest BCUT2D eigenvalue weighted by Crippen LogP contribution is -2.26. The molecule has 0 radical (unpaired) electrons. The van der Waals surface area contributed by atoms with Gasteiger partial charge in [-0.2, -0.15) is 0 Å². The fraction of sp³-hybridized carbons (Fsp3) is 0.667. The van der Waals surface area contributed by atoms with Crippen LogP contribution in [0.15, 0.2) is 17.2 Å². The summed E-state index contributed by atoms with van der Waals surface area (Å²) in [5.41, 5.74) is 0.878. The van der Waals surface area contributed by atoms with Crippen molar-refractivity contribution in [2.45, 2.75) is 45.7 Å². The molecule has 0 fully saturated rings. The first kappa shape index (κ1) is 12.9. The van der Waals surface area contributed by atoms with Crippen LogP contribution in [-0.4, -0.2) is 22.6 Å². The molecular formula is C12H21N3O. The largest absolute Gasteiger partial charge is 0.347 e. The van der Waals surface area contributed by atoms with Crippen molar-refractivity contribution >= 4 is 0 Å². The number of hydrogen-bond acceptors (Lipinski definition) is 3. The summed E-state index contributed by atoms with van der Waals surface area (Å²) in [7, 11) is 1.98. The van der Waals surface area contributed by atoms with Crippen molar-refractivity contribution in [3.8, 4) is 0 Å². The molecule has 1 heterocycles. The van der Waals surface area contributed by atoms with E-state index in [4.69, 9.17) is 0 Å². The van der Waals surface area contributed by atoms with Gasteiger partial charge in [0.05, 0.1) is 0 Å². The maximum Gasteiger partial charge on any atom is 0.347 e. The van der Waals surface area contributed by atoms with Crippen molar-refractivity contribution in [1.29, 1.82) is 0 Å². The van der Waals surface area contributed by atoms with E-state index >= 15 is 0 Å². The minimum absolute atomic E-state index is 0.150. The van der Waals surface area contributed by atoms with E-state index in [2.05, 4.69) is 17.2 Å². The van der Waals surface area contributed by atoms with Crippen LogP contribution in [0.4, 0.5) is 0 Å². The first-order valence-electron chi connectivity index (χ1n) is 5.87. The molecule has 0 aliphatic heterocycles. The van der Waals surface area contributed by atoms with Crippen molar-refractivity contribution in [2.75, 3.05) is 7.05 Å². The van der Waals surface area contributed by atoms with Gasteiger partial charge in [-0.1, -0.05) is 6.92 Å². The molecule has 1 N–H and O–H groups in total. The van der Waals surface area contributed by atoms with Crippen molar-refractivity contribution in [2.24, 2.45) is 0 Å². The van der Waals surface area contributed by atoms with E-state index in [1.165, 1.54) is 0 Å². The Balaban J connectivity index is 2.48. The topological polar surface area (TPSA) is 46.9 Å². The highest BCUT2D eigenvalue weighted by molar-refractivity contribution is 4.99. The number of aryl methyl sites for hydroxylation is 2. The zero-order chi connectivity index (χ0) is 12.0. The summed E-state index contributed by atoms with van der Waals surface area (Å²) in [5.74, 6) is 0. The Hall–Kier alpha value is -1.16. The van der Waals surface area contributed by atoms with Crippen LogP contribution in [0.2, 0.25) is 0 Å². The van der Waals surface area contributed by atoms with Crippen LogP contribution in [-0.2, 0) is 6.54 Å². The van der Waals surface area contributed by atoms with E-state index in [0.29, 0.717) is 6.04 Å². The molecule has 0 saturated heterocycles.